The monoisotopic (exact) mass is 231 g/mol. The average molecular weight is 231 g/mol. The van der Waals surface area contributed by atoms with E-state index in [2.05, 4.69) is 11.9 Å². The zero-order valence-electron chi connectivity index (χ0n) is 9.51. The third-order valence-corrected chi connectivity index (χ3v) is 3.38. The molecular weight excluding hydrogens is 218 g/mol. The second-order valence-electron chi connectivity index (χ2n) is 4.64. The number of hydrogen-bond acceptors (Lipinski definition) is 3. The summed E-state index contributed by atoms with van der Waals surface area (Å²) < 4.78 is 5.65. The molecule has 1 fully saturated rings. The van der Waals surface area contributed by atoms with Crippen LogP contribution in [-0.2, 0) is 0 Å². The molecule has 1 aromatic carbocycles. The maximum atomic E-state index is 11.1. The third-order valence-electron chi connectivity index (χ3n) is 3.38. The Morgan fingerprint density at radius 2 is 2.29 bits per heavy atom. The third kappa shape index (κ3) is 1.69. The zero-order chi connectivity index (χ0) is 12.0. The second kappa shape index (κ2) is 3.58. The Morgan fingerprint density at radius 1 is 1.53 bits per heavy atom. The minimum atomic E-state index is -0.963. The van der Waals surface area contributed by atoms with Gasteiger partial charge in [0, 0.05) is 5.92 Å². The van der Waals surface area contributed by atoms with Crippen LogP contribution in [-0.4, -0.2) is 16.1 Å². The van der Waals surface area contributed by atoms with Crippen LogP contribution in [0, 0.1) is 5.92 Å². The van der Waals surface area contributed by atoms with Crippen LogP contribution in [0.15, 0.2) is 22.6 Å². The predicted molar refractivity (Wildman–Crippen MR) is 62.1 cm³/mol. The van der Waals surface area contributed by atoms with Gasteiger partial charge in [0.15, 0.2) is 11.5 Å². The summed E-state index contributed by atoms with van der Waals surface area (Å²) in [5, 5.41) is 9.07. The van der Waals surface area contributed by atoms with Crippen LogP contribution < -0.4 is 0 Å². The summed E-state index contributed by atoms with van der Waals surface area (Å²) in [4.78, 5) is 15.4. The quantitative estimate of drug-likeness (QED) is 0.881. The van der Waals surface area contributed by atoms with Crippen molar-refractivity contribution >= 4 is 17.1 Å². The van der Waals surface area contributed by atoms with E-state index >= 15 is 0 Å². The van der Waals surface area contributed by atoms with Crippen LogP contribution in [0.1, 0.15) is 41.9 Å². The molecule has 0 amide bonds. The Labute approximate surface area is 98.3 Å². The molecule has 4 nitrogen and oxygen atoms in total. The van der Waals surface area contributed by atoms with Gasteiger partial charge in [0.2, 0.25) is 0 Å². The topological polar surface area (TPSA) is 63.3 Å². The summed E-state index contributed by atoms with van der Waals surface area (Å²) in [5.41, 5.74) is 1.23. The highest BCUT2D eigenvalue weighted by Gasteiger charge is 2.32. The number of aromatic nitrogens is 1. The van der Waals surface area contributed by atoms with Crippen molar-refractivity contribution < 1.29 is 14.3 Å². The van der Waals surface area contributed by atoms with Crippen LogP contribution in [0.5, 0.6) is 0 Å². The molecule has 0 radical (unpaired) electrons. The van der Waals surface area contributed by atoms with Crippen molar-refractivity contribution in [1.82, 2.24) is 4.98 Å². The van der Waals surface area contributed by atoms with Crippen molar-refractivity contribution in [2.75, 3.05) is 0 Å². The zero-order valence-corrected chi connectivity index (χ0v) is 9.51. The van der Waals surface area contributed by atoms with E-state index in [0.717, 1.165) is 0 Å². The van der Waals surface area contributed by atoms with Gasteiger partial charge >= 0.3 is 5.97 Å². The number of oxazole rings is 1. The van der Waals surface area contributed by atoms with E-state index in [1.54, 1.807) is 18.2 Å². The van der Waals surface area contributed by atoms with E-state index in [4.69, 9.17) is 9.52 Å². The molecular formula is C13H13NO3. The number of para-hydroxylation sites is 1. The standard InChI is InChI=1S/C13H13NO3/c1-7(8-5-6-8)12-14-11-9(13(15)16)3-2-4-10(11)17-12/h2-4,7-8H,5-6H2,1H3,(H,15,16). The summed E-state index contributed by atoms with van der Waals surface area (Å²) in [6, 6.07) is 5.00. The van der Waals surface area contributed by atoms with E-state index in [0.29, 0.717) is 22.9 Å². The molecule has 2 aromatic rings. The number of carboxylic acid groups (broad SMARTS) is 1. The van der Waals surface area contributed by atoms with Crippen LogP contribution in [0.3, 0.4) is 0 Å². The number of fused-ring (bicyclic) bond motifs is 1. The molecule has 0 saturated heterocycles. The smallest absolute Gasteiger partial charge is 0.338 e. The number of carboxylic acids is 1. The number of benzene rings is 1. The fourth-order valence-corrected chi connectivity index (χ4v) is 2.13. The summed E-state index contributed by atoms with van der Waals surface area (Å²) in [6.07, 6.45) is 2.43. The lowest BCUT2D eigenvalue weighted by atomic mass is 10.1. The first kappa shape index (κ1) is 10.3. The van der Waals surface area contributed by atoms with Crippen molar-refractivity contribution in [3.63, 3.8) is 0 Å². The molecule has 1 atom stereocenters. The van der Waals surface area contributed by atoms with E-state index in [1.807, 2.05) is 0 Å². The molecule has 17 heavy (non-hydrogen) atoms. The minimum absolute atomic E-state index is 0.209. The number of aromatic carboxylic acids is 1. The van der Waals surface area contributed by atoms with Crippen molar-refractivity contribution in [2.45, 2.75) is 25.7 Å². The molecule has 1 saturated carbocycles. The fourth-order valence-electron chi connectivity index (χ4n) is 2.13. The van der Waals surface area contributed by atoms with Gasteiger partial charge in [0.05, 0.1) is 5.56 Å². The highest BCUT2D eigenvalue weighted by atomic mass is 16.4. The van der Waals surface area contributed by atoms with Crippen molar-refractivity contribution in [3.8, 4) is 0 Å². The normalized spacial score (nSPS) is 17.2. The summed E-state index contributed by atoms with van der Waals surface area (Å²) in [6.45, 7) is 2.09. The fraction of sp³-hybridized carbons (Fsp3) is 0.385. The van der Waals surface area contributed by atoms with Crippen molar-refractivity contribution in [1.29, 1.82) is 0 Å². The molecule has 1 N–H and O–H groups in total. The van der Waals surface area contributed by atoms with E-state index in [9.17, 15) is 4.79 Å². The van der Waals surface area contributed by atoms with Gasteiger partial charge in [-0.05, 0) is 30.9 Å². The van der Waals surface area contributed by atoms with Gasteiger partial charge in [-0.25, -0.2) is 9.78 Å². The van der Waals surface area contributed by atoms with Gasteiger partial charge in [-0.1, -0.05) is 13.0 Å². The first-order valence-electron chi connectivity index (χ1n) is 5.79. The van der Waals surface area contributed by atoms with E-state index < -0.39 is 5.97 Å². The summed E-state index contributed by atoms with van der Waals surface area (Å²) in [5.74, 6) is 0.631. The molecule has 1 heterocycles. The van der Waals surface area contributed by atoms with Gasteiger partial charge in [-0.3, -0.25) is 0 Å². The molecule has 0 bridgehead atoms. The number of rotatable bonds is 3. The first-order valence-corrected chi connectivity index (χ1v) is 5.79. The highest BCUT2D eigenvalue weighted by Crippen LogP contribution is 2.42. The molecule has 0 spiro atoms. The summed E-state index contributed by atoms with van der Waals surface area (Å²) in [7, 11) is 0. The number of carbonyl (C=O) groups is 1. The Kier molecular flexibility index (Phi) is 2.18. The van der Waals surface area contributed by atoms with Gasteiger partial charge in [0.25, 0.3) is 0 Å². The van der Waals surface area contributed by atoms with Crippen LogP contribution in [0.4, 0.5) is 0 Å². The van der Waals surface area contributed by atoms with Crippen LogP contribution in [0.2, 0.25) is 0 Å². The molecule has 1 aromatic heterocycles. The summed E-state index contributed by atoms with van der Waals surface area (Å²) >= 11 is 0. The maximum absolute atomic E-state index is 11.1. The molecule has 4 heteroatoms. The molecule has 1 unspecified atom stereocenters. The Bertz CT molecular complexity index is 583. The Morgan fingerprint density at radius 3 is 2.94 bits per heavy atom. The van der Waals surface area contributed by atoms with Gasteiger partial charge in [-0.2, -0.15) is 0 Å². The molecule has 1 aliphatic carbocycles. The lowest BCUT2D eigenvalue weighted by Crippen LogP contribution is -1.98. The Hall–Kier alpha value is -1.84. The molecule has 88 valence electrons. The van der Waals surface area contributed by atoms with Crippen molar-refractivity contribution in [3.05, 3.63) is 29.7 Å². The maximum Gasteiger partial charge on any atom is 0.338 e. The lowest BCUT2D eigenvalue weighted by Gasteiger charge is -2.02. The first-order chi connectivity index (χ1) is 8.16. The highest BCUT2D eigenvalue weighted by molar-refractivity contribution is 6.00. The Balaban J connectivity index is 2.11. The minimum Gasteiger partial charge on any atom is -0.478 e. The number of hydrogen-bond donors (Lipinski definition) is 1. The average Bonchev–Trinajstić information content (AvgIpc) is 3.05. The largest absolute Gasteiger partial charge is 0.478 e. The van der Waals surface area contributed by atoms with E-state index in [-0.39, 0.29) is 11.5 Å². The van der Waals surface area contributed by atoms with Crippen molar-refractivity contribution in [2.24, 2.45) is 5.92 Å². The SMILES string of the molecule is CC(c1nc2c(C(=O)O)cccc2o1)C1CC1. The lowest BCUT2D eigenvalue weighted by molar-refractivity contribution is 0.0699. The van der Waals surface area contributed by atoms with Crippen LogP contribution in [0.25, 0.3) is 11.1 Å². The molecule has 1 aliphatic rings. The number of nitrogens with zero attached hydrogens (tertiary/aromatic N) is 1. The van der Waals surface area contributed by atoms with Gasteiger partial charge in [-0.15, -0.1) is 0 Å². The van der Waals surface area contributed by atoms with E-state index in [1.165, 1.54) is 12.8 Å². The van der Waals surface area contributed by atoms with Crippen LogP contribution >= 0.6 is 0 Å². The molecule has 3 rings (SSSR count). The molecule has 0 aliphatic heterocycles. The van der Waals surface area contributed by atoms with Gasteiger partial charge in [0.1, 0.15) is 5.52 Å². The second-order valence-corrected chi connectivity index (χ2v) is 4.64. The predicted octanol–water partition coefficient (Wildman–Crippen LogP) is 3.04. The van der Waals surface area contributed by atoms with Gasteiger partial charge < -0.3 is 9.52 Å².